The van der Waals surface area contributed by atoms with Gasteiger partial charge in [0.05, 0.1) is 5.39 Å². The lowest BCUT2D eigenvalue weighted by Crippen LogP contribution is -1.96. The molecule has 0 atom stereocenters. The van der Waals surface area contributed by atoms with Crippen LogP contribution in [-0.2, 0) is 13.0 Å². The van der Waals surface area contributed by atoms with Crippen LogP contribution in [0.1, 0.15) is 18.1 Å². The van der Waals surface area contributed by atoms with E-state index in [0.717, 1.165) is 24.0 Å². The molecule has 0 spiro atoms. The van der Waals surface area contributed by atoms with Crippen LogP contribution in [0.4, 0.5) is 5.82 Å². The maximum absolute atomic E-state index is 5.99. The second kappa shape index (κ2) is 4.42. The molecule has 0 aromatic carbocycles. The number of nitrogens with zero attached hydrogens (tertiary/aromatic N) is 3. The van der Waals surface area contributed by atoms with Crippen molar-refractivity contribution in [2.45, 2.75) is 19.9 Å². The van der Waals surface area contributed by atoms with Crippen molar-refractivity contribution in [3.05, 3.63) is 40.5 Å². The Morgan fingerprint density at radius 1 is 1.39 bits per heavy atom. The van der Waals surface area contributed by atoms with Crippen molar-refractivity contribution in [1.82, 2.24) is 14.5 Å². The van der Waals surface area contributed by atoms with Crippen LogP contribution in [0.3, 0.4) is 0 Å². The Hall–Kier alpha value is -1.88. The molecule has 0 radical (unpaired) electrons. The molecule has 2 N–H and O–H groups in total. The summed E-state index contributed by atoms with van der Waals surface area (Å²) in [7, 11) is 0. The highest BCUT2D eigenvalue weighted by atomic mass is 32.1. The summed E-state index contributed by atoms with van der Waals surface area (Å²) in [5, 5.41) is 5.24. The molecule has 0 aliphatic carbocycles. The molecule has 4 nitrogen and oxygen atoms in total. The molecular formula is C13H14N4S. The zero-order valence-corrected chi connectivity index (χ0v) is 10.9. The maximum atomic E-state index is 5.99. The molecule has 0 aliphatic heterocycles. The molecule has 3 aromatic rings. The Balaban J connectivity index is 2.16. The first-order valence-electron chi connectivity index (χ1n) is 5.89. The molecule has 0 saturated carbocycles. The fraction of sp³-hybridized carbons (Fsp3) is 0.231. The van der Waals surface area contributed by atoms with Gasteiger partial charge >= 0.3 is 0 Å². The quantitative estimate of drug-likeness (QED) is 0.785. The molecule has 3 rings (SSSR count). The lowest BCUT2D eigenvalue weighted by Gasteiger charge is -1.99. The monoisotopic (exact) mass is 258 g/mol. The second-order valence-corrected chi connectivity index (χ2v) is 4.99. The van der Waals surface area contributed by atoms with Gasteiger partial charge < -0.3 is 10.3 Å². The first-order valence-corrected chi connectivity index (χ1v) is 6.83. The van der Waals surface area contributed by atoms with Gasteiger partial charge in [0.15, 0.2) is 0 Å². The van der Waals surface area contributed by atoms with E-state index in [9.17, 15) is 0 Å². The molecule has 3 heterocycles. The number of aryl methyl sites for hydroxylation is 1. The van der Waals surface area contributed by atoms with Crippen molar-refractivity contribution in [3.63, 3.8) is 0 Å². The van der Waals surface area contributed by atoms with E-state index in [1.54, 1.807) is 11.3 Å². The number of thiophene rings is 1. The minimum absolute atomic E-state index is 0.567. The molecule has 5 heteroatoms. The summed E-state index contributed by atoms with van der Waals surface area (Å²) < 4.78 is 2.12. The molecule has 18 heavy (non-hydrogen) atoms. The van der Waals surface area contributed by atoms with Crippen LogP contribution in [0.5, 0.6) is 0 Å². The summed E-state index contributed by atoms with van der Waals surface area (Å²) in [6.45, 7) is 2.99. The van der Waals surface area contributed by atoms with Gasteiger partial charge in [0, 0.05) is 19.2 Å². The highest BCUT2D eigenvalue weighted by molar-refractivity contribution is 7.07. The molecule has 0 unspecified atom stereocenters. The Kier molecular flexibility index (Phi) is 2.76. The lowest BCUT2D eigenvalue weighted by molar-refractivity contribution is 0.783. The molecule has 0 saturated heterocycles. The maximum Gasteiger partial charge on any atom is 0.145 e. The fourth-order valence-corrected chi connectivity index (χ4v) is 2.89. The van der Waals surface area contributed by atoms with Crippen molar-refractivity contribution in [2.75, 3.05) is 5.73 Å². The Labute approximate surface area is 109 Å². The number of nitrogens with two attached hydrogens (primary N) is 1. The molecule has 0 amide bonds. The summed E-state index contributed by atoms with van der Waals surface area (Å²) >= 11 is 1.71. The van der Waals surface area contributed by atoms with Gasteiger partial charge in [-0.25, -0.2) is 9.97 Å². The average molecular weight is 258 g/mol. The van der Waals surface area contributed by atoms with Gasteiger partial charge in [-0.15, -0.1) is 0 Å². The van der Waals surface area contributed by atoms with Crippen LogP contribution < -0.4 is 5.73 Å². The van der Waals surface area contributed by atoms with Gasteiger partial charge in [-0.05, 0) is 34.9 Å². The van der Waals surface area contributed by atoms with Crippen molar-refractivity contribution in [1.29, 1.82) is 0 Å². The van der Waals surface area contributed by atoms with Crippen molar-refractivity contribution in [3.8, 4) is 0 Å². The molecular weight excluding hydrogens is 244 g/mol. The first kappa shape index (κ1) is 11.2. The first-order chi connectivity index (χ1) is 8.79. The standard InChI is InChI=1S/C13H14N4S/c1-2-17-6-10(5-9-3-4-18-7-9)11-12(14)15-8-16-13(11)17/h3-4,6-8H,2,5H2,1H3,(H2,14,15,16). The van der Waals surface area contributed by atoms with E-state index >= 15 is 0 Å². The number of rotatable bonds is 3. The molecule has 3 aromatic heterocycles. The van der Waals surface area contributed by atoms with Crippen LogP contribution in [0.2, 0.25) is 0 Å². The summed E-state index contributed by atoms with van der Waals surface area (Å²) in [5.41, 5.74) is 9.42. The van der Waals surface area contributed by atoms with Crippen LogP contribution in [0, 0.1) is 0 Å². The second-order valence-electron chi connectivity index (χ2n) is 4.21. The van der Waals surface area contributed by atoms with Crippen LogP contribution >= 0.6 is 11.3 Å². The molecule has 0 aliphatic rings. The van der Waals surface area contributed by atoms with Crippen molar-refractivity contribution >= 4 is 28.2 Å². The van der Waals surface area contributed by atoms with Crippen LogP contribution in [0.15, 0.2) is 29.4 Å². The fourth-order valence-electron chi connectivity index (χ4n) is 2.22. The van der Waals surface area contributed by atoms with E-state index in [-0.39, 0.29) is 0 Å². The molecule has 0 fully saturated rings. The largest absolute Gasteiger partial charge is 0.383 e. The van der Waals surface area contributed by atoms with Crippen molar-refractivity contribution in [2.24, 2.45) is 0 Å². The topological polar surface area (TPSA) is 56.7 Å². The average Bonchev–Trinajstić information content (AvgIpc) is 2.98. The third-order valence-electron chi connectivity index (χ3n) is 3.08. The number of fused-ring (bicyclic) bond motifs is 1. The predicted octanol–water partition coefficient (Wildman–Crippen LogP) is 2.69. The predicted molar refractivity (Wildman–Crippen MR) is 74.7 cm³/mol. The van der Waals surface area contributed by atoms with E-state index < -0.39 is 0 Å². The van der Waals surface area contributed by atoms with E-state index in [1.807, 2.05) is 0 Å². The van der Waals surface area contributed by atoms with Gasteiger partial charge in [0.1, 0.15) is 17.8 Å². The van der Waals surface area contributed by atoms with Crippen LogP contribution in [-0.4, -0.2) is 14.5 Å². The minimum Gasteiger partial charge on any atom is -0.383 e. The molecule has 92 valence electrons. The van der Waals surface area contributed by atoms with E-state index in [4.69, 9.17) is 5.73 Å². The van der Waals surface area contributed by atoms with Gasteiger partial charge in [-0.2, -0.15) is 11.3 Å². The zero-order valence-electron chi connectivity index (χ0n) is 10.1. The number of hydrogen-bond donors (Lipinski definition) is 1. The lowest BCUT2D eigenvalue weighted by atomic mass is 10.1. The van der Waals surface area contributed by atoms with E-state index in [2.05, 4.69) is 44.5 Å². The number of nitrogen functional groups attached to an aromatic ring is 1. The van der Waals surface area contributed by atoms with Crippen molar-refractivity contribution < 1.29 is 0 Å². The highest BCUT2D eigenvalue weighted by Gasteiger charge is 2.12. The Morgan fingerprint density at radius 3 is 3.00 bits per heavy atom. The summed E-state index contributed by atoms with van der Waals surface area (Å²) in [6.07, 6.45) is 4.54. The van der Waals surface area contributed by atoms with E-state index in [1.165, 1.54) is 17.5 Å². The third kappa shape index (κ3) is 1.76. The normalized spacial score (nSPS) is 11.2. The smallest absolute Gasteiger partial charge is 0.145 e. The number of aromatic nitrogens is 3. The summed E-state index contributed by atoms with van der Waals surface area (Å²) in [5.74, 6) is 0.567. The SMILES string of the molecule is CCn1cc(Cc2ccsc2)c2c(N)ncnc21. The number of hydrogen-bond acceptors (Lipinski definition) is 4. The highest BCUT2D eigenvalue weighted by Crippen LogP contribution is 2.26. The van der Waals surface area contributed by atoms with Gasteiger partial charge in [-0.1, -0.05) is 0 Å². The Bertz CT molecular complexity index is 670. The minimum atomic E-state index is 0.567. The Morgan fingerprint density at radius 2 is 2.28 bits per heavy atom. The van der Waals surface area contributed by atoms with Crippen LogP contribution in [0.25, 0.3) is 11.0 Å². The number of anilines is 1. The molecule has 0 bridgehead atoms. The zero-order chi connectivity index (χ0) is 12.5. The van der Waals surface area contributed by atoms with E-state index in [0.29, 0.717) is 5.82 Å². The van der Waals surface area contributed by atoms with Gasteiger partial charge in [-0.3, -0.25) is 0 Å². The summed E-state index contributed by atoms with van der Waals surface area (Å²) in [4.78, 5) is 8.44. The van der Waals surface area contributed by atoms with Gasteiger partial charge in [0.2, 0.25) is 0 Å². The third-order valence-corrected chi connectivity index (χ3v) is 3.81. The summed E-state index contributed by atoms with van der Waals surface area (Å²) in [6, 6.07) is 2.14. The van der Waals surface area contributed by atoms with Gasteiger partial charge in [0.25, 0.3) is 0 Å².